The zero-order valence-electron chi connectivity index (χ0n) is 12.2. The number of anilines is 1. The van der Waals surface area contributed by atoms with Crippen LogP contribution in [-0.2, 0) is 12.8 Å². The first-order chi connectivity index (χ1) is 8.61. The zero-order valence-corrected chi connectivity index (χ0v) is 12.2. The van der Waals surface area contributed by atoms with Gasteiger partial charge < -0.3 is 10.2 Å². The molecule has 1 N–H and O–H groups in total. The molecule has 0 aromatic heterocycles. The molecule has 1 heterocycles. The summed E-state index contributed by atoms with van der Waals surface area (Å²) in [5.74, 6) is 0.732. The first kappa shape index (κ1) is 13.4. The van der Waals surface area contributed by atoms with Crippen LogP contribution in [0.25, 0.3) is 0 Å². The van der Waals surface area contributed by atoms with Crippen molar-refractivity contribution in [2.75, 3.05) is 25.0 Å². The predicted octanol–water partition coefficient (Wildman–Crippen LogP) is 2.86. The van der Waals surface area contributed by atoms with E-state index in [1.54, 1.807) is 5.56 Å². The maximum atomic E-state index is 3.33. The molecule has 1 aromatic carbocycles. The molecule has 18 heavy (non-hydrogen) atoms. The highest BCUT2D eigenvalue weighted by molar-refractivity contribution is 5.61. The van der Waals surface area contributed by atoms with Gasteiger partial charge >= 0.3 is 0 Å². The van der Waals surface area contributed by atoms with Crippen LogP contribution in [0.5, 0.6) is 0 Å². The minimum Gasteiger partial charge on any atom is -0.371 e. The second-order valence-electron chi connectivity index (χ2n) is 5.90. The maximum Gasteiger partial charge on any atom is 0.0402 e. The fourth-order valence-corrected chi connectivity index (χ4v) is 2.83. The van der Waals surface area contributed by atoms with Crippen LogP contribution < -0.4 is 10.2 Å². The van der Waals surface area contributed by atoms with E-state index in [9.17, 15) is 0 Å². The van der Waals surface area contributed by atoms with Crippen LogP contribution in [0.3, 0.4) is 0 Å². The van der Waals surface area contributed by atoms with Crippen molar-refractivity contribution in [2.24, 2.45) is 5.92 Å². The average Bonchev–Trinajstić information content (AvgIpc) is 2.73. The van der Waals surface area contributed by atoms with Crippen LogP contribution in [0.15, 0.2) is 18.2 Å². The third-order valence-corrected chi connectivity index (χ3v) is 3.83. The Morgan fingerprint density at radius 2 is 2.06 bits per heavy atom. The van der Waals surface area contributed by atoms with Crippen molar-refractivity contribution < 1.29 is 0 Å². The molecule has 0 fully saturated rings. The van der Waals surface area contributed by atoms with Gasteiger partial charge in [-0.1, -0.05) is 26.0 Å². The number of hydrogen-bond acceptors (Lipinski definition) is 2. The number of benzene rings is 1. The largest absolute Gasteiger partial charge is 0.371 e. The van der Waals surface area contributed by atoms with E-state index in [0.29, 0.717) is 6.04 Å². The molecule has 1 aromatic rings. The van der Waals surface area contributed by atoms with Crippen LogP contribution in [0, 0.1) is 5.92 Å². The molecule has 1 atom stereocenters. The van der Waals surface area contributed by atoms with Gasteiger partial charge in [0.1, 0.15) is 0 Å². The van der Waals surface area contributed by atoms with Crippen LogP contribution >= 0.6 is 0 Å². The summed E-state index contributed by atoms with van der Waals surface area (Å²) in [6.07, 6.45) is 2.35. The molecular weight excluding hydrogens is 220 g/mol. The fourth-order valence-electron chi connectivity index (χ4n) is 2.83. The molecule has 2 heteroatoms. The van der Waals surface area contributed by atoms with Crippen LogP contribution in [0.2, 0.25) is 0 Å². The Bertz CT molecular complexity index is 398. The SMILES string of the molecule is CNC(C)Cc1cccc2c1CCN2CC(C)C. The van der Waals surface area contributed by atoms with E-state index in [1.807, 2.05) is 7.05 Å². The molecule has 1 aliphatic rings. The molecule has 1 unspecified atom stereocenters. The van der Waals surface area contributed by atoms with Crippen molar-refractivity contribution in [2.45, 2.75) is 39.7 Å². The van der Waals surface area contributed by atoms with E-state index >= 15 is 0 Å². The molecule has 0 saturated heterocycles. The van der Waals surface area contributed by atoms with E-state index in [1.165, 1.54) is 30.8 Å². The molecule has 0 radical (unpaired) electrons. The van der Waals surface area contributed by atoms with E-state index < -0.39 is 0 Å². The highest BCUT2D eigenvalue weighted by Crippen LogP contribution is 2.31. The van der Waals surface area contributed by atoms with Crippen molar-refractivity contribution >= 4 is 5.69 Å². The van der Waals surface area contributed by atoms with Crippen molar-refractivity contribution in [3.05, 3.63) is 29.3 Å². The van der Waals surface area contributed by atoms with Crippen molar-refractivity contribution in [3.8, 4) is 0 Å². The van der Waals surface area contributed by atoms with E-state index in [2.05, 4.69) is 49.2 Å². The third-order valence-electron chi connectivity index (χ3n) is 3.83. The average molecular weight is 246 g/mol. The Morgan fingerprint density at radius 1 is 1.28 bits per heavy atom. The minimum absolute atomic E-state index is 0.552. The number of fused-ring (bicyclic) bond motifs is 1. The Morgan fingerprint density at radius 3 is 2.72 bits per heavy atom. The fraction of sp³-hybridized carbons (Fsp3) is 0.625. The molecule has 1 aliphatic heterocycles. The van der Waals surface area contributed by atoms with Gasteiger partial charge in [-0.05, 0) is 49.9 Å². The Kier molecular flexibility index (Phi) is 4.28. The lowest BCUT2D eigenvalue weighted by molar-refractivity contribution is 0.606. The summed E-state index contributed by atoms with van der Waals surface area (Å²) < 4.78 is 0. The first-order valence-electron chi connectivity index (χ1n) is 7.14. The van der Waals surface area contributed by atoms with Gasteiger partial charge in [0.05, 0.1) is 0 Å². The summed E-state index contributed by atoms with van der Waals surface area (Å²) in [7, 11) is 2.04. The Labute approximate surface area is 111 Å². The molecule has 0 amide bonds. The highest BCUT2D eigenvalue weighted by atomic mass is 15.1. The second kappa shape index (κ2) is 5.75. The van der Waals surface area contributed by atoms with Gasteiger partial charge in [0, 0.05) is 24.8 Å². The van der Waals surface area contributed by atoms with Gasteiger partial charge in [-0.15, -0.1) is 0 Å². The second-order valence-corrected chi connectivity index (χ2v) is 5.90. The minimum atomic E-state index is 0.552. The molecule has 0 bridgehead atoms. The lowest BCUT2D eigenvalue weighted by atomic mass is 9.99. The summed E-state index contributed by atoms with van der Waals surface area (Å²) in [5.41, 5.74) is 4.59. The number of hydrogen-bond donors (Lipinski definition) is 1. The summed E-state index contributed by atoms with van der Waals surface area (Å²) in [6, 6.07) is 7.36. The van der Waals surface area contributed by atoms with Gasteiger partial charge in [0.15, 0.2) is 0 Å². The summed E-state index contributed by atoms with van der Waals surface area (Å²) in [6.45, 7) is 9.21. The van der Waals surface area contributed by atoms with Crippen LogP contribution in [-0.4, -0.2) is 26.2 Å². The predicted molar refractivity (Wildman–Crippen MR) is 79.4 cm³/mol. The quantitative estimate of drug-likeness (QED) is 0.859. The highest BCUT2D eigenvalue weighted by Gasteiger charge is 2.22. The maximum absolute atomic E-state index is 3.33. The molecule has 0 aliphatic carbocycles. The van der Waals surface area contributed by atoms with E-state index in [0.717, 1.165) is 12.3 Å². The van der Waals surface area contributed by atoms with Gasteiger partial charge in [-0.25, -0.2) is 0 Å². The lowest BCUT2D eigenvalue weighted by Crippen LogP contribution is -2.25. The van der Waals surface area contributed by atoms with Crippen LogP contribution in [0.4, 0.5) is 5.69 Å². The summed E-state index contributed by atoms with van der Waals surface area (Å²) in [5, 5.41) is 3.33. The number of likely N-dealkylation sites (N-methyl/N-ethyl adjacent to an activating group) is 1. The zero-order chi connectivity index (χ0) is 13.1. The van der Waals surface area contributed by atoms with Crippen molar-refractivity contribution in [3.63, 3.8) is 0 Å². The standard InChI is InChI=1S/C16H26N2/c1-12(2)11-18-9-8-15-14(10-13(3)17-4)6-5-7-16(15)18/h5-7,12-13,17H,8-11H2,1-4H3. The van der Waals surface area contributed by atoms with Gasteiger partial charge in [0.25, 0.3) is 0 Å². The monoisotopic (exact) mass is 246 g/mol. The van der Waals surface area contributed by atoms with E-state index in [-0.39, 0.29) is 0 Å². The molecule has 0 saturated carbocycles. The van der Waals surface area contributed by atoms with Gasteiger partial charge in [-0.3, -0.25) is 0 Å². The van der Waals surface area contributed by atoms with E-state index in [4.69, 9.17) is 0 Å². The van der Waals surface area contributed by atoms with Crippen molar-refractivity contribution in [1.29, 1.82) is 0 Å². The molecule has 100 valence electrons. The third kappa shape index (κ3) is 2.86. The molecule has 0 spiro atoms. The topological polar surface area (TPSA) is 15.3 Å². The number of nitrogens with zero attached hydrogens (tertiary/aromatic N) is 1. The number of rotatable bonds is 5. The number of nitrogens with one attached hydrogen (secondary N) is 1. The molecular formula is C16H26N2. The Hall–Kier alpha value is -1.02. The first-order valence-corrected chi connectivity index (χ1v) is 7.14. The Balaban J connectivity index is 2.19. The van der Waals surface area contributed by atoms with Crippen LogP contribution in [0.1, 0.15) is 31.9 Å². The smallest absolute Gasteiger partial charge is 0.0402 e. The molecule has 2 rings (SSSR count). The summed E-state index contributed by atoms with van der Waals surface area (Å²) in [4.78, 5) is 2.55. The van der Waals surface area contributed by atoms with Gasteiger partial charge in [-0.2, -0.15) is 0 Å². The summed E-state index contributed by atoms with van der Waals surface area (Å²) >= 11 is 0. The lowest BCUT2D eigenvalue weighted by Gasteiger charge is -2.22. The normalized spacial score (nSPS) is 16.2. The van der Waals surface area contributed by atoms with Gasteiger partial charge in [0.2, 0.25) is 0 Å². The van der Waals surface area contributed by atoms with Crippen molar-refractivity contribution in [1.82, 2.24) is 5.32 Å². The molecule has 2 nitrogen and oxygen atoms in total.